The molecule has 0 aromatic rings. The molecule has 0 aromatic heterocycles. The molecule has 0 aliphatic rings. The monoisotopic (exact) mass is 146 g/mol. The van der Waals surface area contributed by atoms with E-state index in [0.717, 1.165) is 0 Å². The number of carbonyl (C=O) groups is 1. The summed E-state index contributed by atoms with van der Waals surface area (Å²) in [5, 5.41) is 8.30. The van der Waals surface area contributed by atoms with Gasteiger partial charge in [-0.2, -0.15) is 0 Å². The van der Waals surface area contributed by atoms with Crippen LogP contribution in [0.3, 0.4) is 0 Å². The van der Waals surface area contributed by atoms with Gasteiger partial charge < -0.3 is 9.84 Å². The maximum absolute atomic E-state index is 10.5. The number of hydrogen-bond acceptors (Lipinski definition) is 3. The van der Waals surface area contributed by atoms with E-state index in [1.165, 1.54) is 0 Å². The van der Waals surface area contributed by atoms with Crippen LogP contribution in [0.4, 0.5) is 0 Å². The summed E-state index contributed by atoms with van der Waals surface area (Å²) < 4.78 is 5.07. The number of aliphatic hydroxyl groups is 1. The summed E-state index contributed by atoms with van der Waals surface area (Å²) >= 11 is 0. The molecule has 0 saturated carbocycles. The molecule has 0 radical (unpaired) electrons. The van der Waals surface area contributed by atoms with E-state index in [4.69, 9.17) is 9.84 Å². The number of Topliss-reactive ketones (excluding diaryl/α,β-unsaturated/α-hetero) is 1. The number of aliphatic hydroxyl groups excluding tert-OH is 1. The van der Waals surface area contributed by atoms with E-state index in [9.17, 15) is 4.79 Å². The lowest BCUT2D eigenvalue weighted by molar-refractivity contribution is -0.131. The molecule has 3 heteroatoms. The van der Waals surface area contributed by atoms with Gasteiger partial charge in [-0.15, -0.1) is 0 Å². The Morgan fingerprint density at radius 3 is 2.30 bits per heavy atom. The fourth-order valence-corrected chi connectivity index (χ4v) is 0.343. The molecule has 0 rings (SSSR count). The third-order valence-electron chi connectivity index (χ3n) is 0.843. The standard InChI is InChI=1S/C7H14O3/c1-7(2,3)10-5-6(9)4-8/h8H,4-5H2,1-3H3. The van der Waals surface area contributed by atoms with Gasteiger partial charge in [0.15, 0.2) is 5.78 Å². The van der Waals surface area contributed by atoms with Gasteiger partial charge in [0.1, 0.15) is 13.2 Å². The highest BCUT2D eigenvalue weighted by atomic mass is 16.5. The summed E-state index contributed by atoms with van der Waals surface area (Å²) in [7, 11) is 0. The topological polar surface area (TPSA) is 46.5 Å². The lowest BCUT2D eigenvalue weighted by Gasteiger charge is -2.18. The van der Waals surface area contributed by atoms with Gasteiger partial charge in [0.2, 0.25) is 0 Å². The molecule has 0 aliphatic carbocycles. The van der Waals surface area contributed by atoms with Gasteiger partial charge in [0.25, 0.3) is 0 Å². The van der Waals surface area contributed by atoms with Crippen LogP contribution < -0.4 is 0 Å². The van der Waals surface area contributed by atoms with Crippen LogP contribution in [0.15, 0.2) is 0 Å². The quantitative estimate of drug-likeness (QED) is 0.625. The number of rotatable bonds is 3. The molecule has 0 unspecified atom stereocenters. The normalized spacial score (nSPS) is 11.6. The zero-order valence-electron chi connectivity index (χ0n) is 6.68. The lowest BCUT2D eigenvalue weighted by atomic mass is 10.2. The first-order valence-corrected chi connectivity index (χ1v) is 3.22. The average Bonchev–Trinajstić information content (AvgIpc) is 1.81. The van der Waals surface area contributed by atoms with Crippen molar-refractivity contribution in [1.29, 1.82) is 0 Å². The van der Waals surface area contributed by atoms with E-state index in [1.54, 1.807) is 0 Å². The predicted molar refractivity (Wildman–Crippen MR) is 37.8 cm³/mol. The highest BCUT2D eigenvalue weighted by Crippen LogP contribution is 2.05. The van der Waals surface area contributed by atoms with Crippen LogP contribution in [0.5, 0.6) is 0 Å². The maximum Gasteiger partial charge on any atom is 0.183 e. The van der Waals surface area contributed by atoms with Crippen molar-refractivity contribution in [3.05, 3.63) is 0 Å². The van der Waals surface area contributed by atoms with Crippen molar-refractivity contribution in [2.24, 2.45) is 0 Å². The molecule has 0 spiro atoms. The Kier molecular flexibility index (Phi) is 3.53. The zero-order valence-corrected chi connectivity index (χ0v) is 6.68. The molecular weight excluding hydrogens is 132 g/mol. The second-order valence-corrected chi connectivity index (χ2v) is 3.10. The van der Waals surface area contributed by atoms with Crippen molar-refractivity contribution in [1.82, 2.24) is 0 Å². The van der Waals surface area contributed by atoms with Crippen molar-refractivity contribution >= 4 is 5.78 Å². The van der Waals surface area contributed by atoms with Crippen molar-refractivity contribution < 1.29 is 14.6 Å². The van der Waals surface area contributed by atoms with Crippen LogP contribution in [0.25, 0.3) is 0 Å². The van der Waals surface area contributed by atoms with Gasteiger partial charge in [0, 0.05) is 0 Å². The third-order valence-corrected chi connectivity index (χ3v) is 0.843. The van der Waals surface area contributed by atoms with Crippen LogP contribution in [0, 0.1) is 0 Å². The molecule has 0 fully saturated rings. The van der Waals surface area contributed by atoms with Crippen molar-refractivity contribution in [2.45, 2.75) is 26.4 Å². The number of hydrogen-bond donors (Lipinski definition) is 1. The van der Waals surface area contributed by atoms with Gasteiger partial charge in [-0.05, 0) is 20.8 Å². The number of ether oxygens (including phenoxy) is 1. The Hall–Kier alpha value is -0.410. The van der Waals surface area contributed by atoms with Crippen LogP contribution in [0.2, 0.25) is 0 Å². The van der Waals surface area contributed by atoms with E-state index in [-0.39, 0.29) is 18.0 Å². The van der Waals surface area contributed by atoms with Gasteiger partial charge in [-0.25, -0.2) is 0 Å². The van der Waals surface area contributed by atoms with E-state index < -0.39 is 6.61 Å². The van der Waals surface area contributed by atoms with E-state index in [2.05, 4.69) is 0 Å². The predicted octanol–water partition coefficient (Wildman–Crippen LogP) is 0.363. The van der Waals surface area contributed by atoms with E-state index >= 15 is 0 Å². The van der Waals surface area contributed by atoms with Gasteiger partial charge in [-0.1, -0.05) is 0 Å². The van der Waals surface area contributed by atoms with Crippen molar-refractivity contribution in [3.63, 3.8) is 0 Å². The molecule has 0 bridgehead atoms. The average molecular weight is 146 g/mol. The molecule has 1 N–H and O–H groups in total. The first kappa shape index (κ1) is 9.59. The Morgan fingerprint density at radius 2 is 2.00 bits per heavy atom. The lowest BCUT2D eigenvalue weighted by Crippen LogP contribution is -2.24. The SMILES string of the molecule is CC(C)(C)OCC(=O)CO. The van der Waals surface area contributed by atoms with E-state index in [1.807, 2.05) is 20.8 Å². The molecule has 3 nitrogen and oxygen atoms in total. The highest BCUT2D eigenvalue weighted by molar-refractivity contribution is 5.80. The van der Waals surface area contributed by atoms with Crippen LogP contribution in [-0.4, -0.2) is 29.7 Å². The molecular formula is C7H14O3. The minimum absolute atomic E-state index is 0. The first-order chi connectivity index (χ1) is 4.45. The van der Waals surface area contributed by atoms with Gasteiger partial charge in [-0.3, -0.25) is 4.79 Å². The summed E-state index contributed by atoms with van der Waals surface area (Å²) in [4.78, 5) is 10.5. The van der Waals surface area contributed by atoms with Crippen LogP contribution in [0.1, 0.15) is 20.8 Å². The second kappa shape index (κ2) is 3.68. The van der Waals surface area contributed by atoms with Crippen molar-refractivity contribution in [3.8, 4) is 0 Å². The van der Waals surface area contributed by atoms with Gasteiger partial charge >= 0.3 is 0 Å². The summed E-state index contributed by atoms with van der Waals surface area (Å²) in [6, 6.07) is 0. The molecule has 60 valence electrons. The minimum atomic E-state index is -0.434. The zero-order chi connectivity index (χ0) is 8.20. The summed E-state index contributed by atoms with van der Waals surface area (Å²) in [6.45, 7) is 5.14. The number of ketones is 1. The third kappa shape index (κ3) is 5.72. The summed E-state index contributed by atoms with van der Waals surface area (Å²) in [6.07, 6.45) is 0. The molecule has 0 amide bonds. The Morgan fingerprint density at radius 1 is 1.50 bits per heavy atom. The molecule has 10 heavy (non-hydrogen) atoms. The summed E-state index contributed by atoms with van der Waals surface area (Å²) in [5.74, 6) is -0.282. The van der Waals surface area contributed by atoms with Gasteiger partial charge in [0.05, 0.1) is 5.60 Å². The Balaban J connectivity index is 3.46. The van der Waals surface area contributed by atoms with Crippen LogP contribution in [-0.2, 0) is 9.53 Å². The fourth-order valence-electron chi connectivity index (χ4n) is 0.343. The Bertz CT molecular complexity index is 113. The first-order valence-electron chi connectivity index (χ1n) is 3.22. The molecule has 0 heterocycles. The molecule has 0 saturated heterocycles. The molecule has 0 atom stereocenters. The fraction of sp³-hybridized carbons (Fsp3) is 0.857. The maximum atomic E-state index is 10.5. The number of carbonyl (C=O) groups excluding carboxylic acids is 1. The minimum Gasteiger partial charge on any atom is -0.388 e. The highest BCUT2D eigenvalue weighted by Gasteiger charge is 2.11. The largest absolute Gasteiger partial charge is 0.388 e. The van der Waals surface area contributed by atoms with Crippen molar-refractivity contribution in [2.75, 3.05) is 13.2 Å². The molecule has 0 aliphatic heterocycles. The smallest absolute Gasteiger partial charge is 0.183 e. The second-order valence-electron chi connectivity index (χ2n) is 3.10. The molecule has 0 aromatic carbocycles. The van der Waals surface area contributed by atoms with Crippen LogP contribution >= 0.6 is 0 Å². The van der Waals surface area contributed by atoms with E-state index in [0.29, 0.717) is 0 Å². The summed E-state index contributed by atoms with van der Waals surface area (Å²) in [5.41, 5.74) is -0.301. The Labute approximate surface area is 61.0 Å².